The van der Waals surface area contributed by atoms with Gasteiger partial charge in [-0.3, -0.25) is 0 Å². The Bertz CT molecular complexity index is 493. The molecular formula is C17H26N4. The summed E-state index contributed by atoms with van der Waals surface area (Å²) < 4.78 is 1.98. The lowest BCUT2D eigenvalue weighted by Gasteiger charge is -2.04. The molecule has 4 nitrogen and oxygen atoms in total. The maximum Gasteiger partial charge on any atom is 0.151 e. The van der Waals surface area contributed by atoms with Gasteiger partial charge in [0.05, 0.1) is 0 Å². The average Bonchev–Trinajstić information content (AvgIpc) is 2.96. The molecule has 0 spiro atoms. The van der Waals surface area contributed by atoms with Crippen LogP contribution in [0.5, 0.6) is 0 Å². The molecule has 0 amide bonds. The van der Waals surface area contributed by atoms with Crippen LogP contribution in [0.4, 0.5) is 0 Å². The Kier molecular flexibility index (Phi) is 6.92. The number of aromatic nitrogens is 4. The number of hydrogen-bond donors (Lipinski definition) is 0. The van der Waals surface area contributed by atoms with E-state index in [-0.39, 0.29) is 0 Å². The second-order valence-corrected chi connectivity index (χ2v) is 5.57. The Morgan fingerprint density at radius 3 is 2.52 bits per heavy atom. The van der Waals surface area contributed by atoms with E-state index in [4.69, 9.17) is 0 Å². The van der Waals surface area contributed by atoms with Gasteiger partial charge in [-0.15, -0.1) is 5.10 Å². The van der Waals surface area contributed by atoms with Gasteiger partial charge in [0.1, 0.15) is 0 Å². The molecule has 0 unspecified atom stereocenters. The first-order valence-corrected chi connectivity index (χ1v) is 8.19. The quantitative estimate of drug-likeness (QED) is 0.624. The Labute approximate surface area is 127 Å². The molecule has 0 saturated heterocycles. The summed E-state index contributed by atoms with van der Waals surface area (Å²) in [6, 6.07) is 10.7. The number of unbranched alkanes of at least 4 members (excludes halogenated alkanes) is 4. The highest BCUT2D eigenvalue weighted by Gasteiger charge is 2.05. The second kappa shape index (κ2) is 9.27. The van der Waals surface area contributed by atoms with E-state index in [1.165, 1.54) is 50.5 Å². The second-order valence-electron chi connectivity index (χ2n) is 5.57. The fourth-order valence-electron chi connectivity index (χ4n) is 2.52. The van der Waals surface area contributed by atoms with Crippen LogP contribution in [0.15, 0.2) is 30.3 Å². The molecule has 0 radical (unpaired) electrons. The zero-order valence-corrected chi connectivity index (χ0v) is 13.0. The van der Waals surface area contributed by atoms with Crippen LogP contribution in [0.1, 0.15) is 56.8 Å². The first-order chi connectivity index (χ1) is 10.4. The van der Waals surface area contributed by atoms with Gasteiger partial charge in [-0.2, -0.15) is 0 Å². The van der Waals surface area contributed by atoms with E-state index in [1.807, 2.05) is 4.68 Å². The van der Waals surface area contributed by atoms with Gasteiger partial charge in [-0.25, -0.2) is 4.68 Å². The maximum absolute atomic E-state index is 4.15. The number of benzene rings is 1. The zero-order chi connectivity index (χ0) is 14.8. The Hall–Kier alpha value is -1.71. The largest absolute Gasteiger partial charge is 0.230 e. The first-order valence-electron chi connectivity index (χ1n) is 8.19. The Morgan fingerprint density at radius 1 is 0.905 bits per heavy atom. The molecule has 0 aliphatic heterocycles. The molecule has 1 heterocycles. The summed E-state index contributed by atoms with van der Waals surface area (Å²) in [5, 5.41) is 12.1. The van der Waals surface area contributed by atoms with Crippen LogP contribution in [0.25, 0.3) is 0 Å². The maximum atomic E-state index is 4.15. The minimum absolute atomic E-state index is 0.959. The van der Waals surface area contributed by atoms with Gasteiger partial charge >= 0.3 is 0 Å². The van der Waals surface area contributed by atoms with Crippen LogP contribution >= 0.6 is 0 Å². The summed E-state index contributed by atoms with van der Waals surface area (Å²) in [4.78, 5) is 0. The highest BCUT2D eigenvalue weighted by molar-refractivity contribution is 5.14. The first kappa shape index (κ1) is 15.7. The molecule has 0 atom stereocenters. The highest BCUT2D eigenvalue weighted by Crippen LogP contribution is 2.09. The van der Waals surface area contributed by atoms with Crippen molar-refractivity contribution in [3.05, 3.63) is 41.7 Å². The van der Waals surface area contributed by atoms with Crippen molar-refractivity contribution in [2.75, 3.05) is 0 Å². The standard InChI is InChI=1S/C17H26N4/c1-2-3-10-15-21-17(18-19-20-21)14-9-5-8-13-16-11-6-4-7-12-16/h4,6-7,11-12H,2-3,5,8-10,13-15H2,1H3. The van der Waals surface area contributed by atoms with E-state index in [0.29, 0.717) is 0 Å². The molecule has 2 aromatic rings. The molecule has 0 fully saturated rings. The van der Waals surface area contributed by atoms with Gasteiger partial charge < -0.3 is 0 Å². The Morgan fingerprint density at radius 2 is 1.71 bits per heavy atom. The number of hydrogen-bond acceptors (Lipinski definition) is 3. The van der Waals surface area contributed by atoms with Crippen LogP contribution in [0, 0.1) is 0 Å². The topological polar surface area (TPSA) is 43.6 Å². The van der Waals surface area contributed by atoms with E-state index >= 15 is 0 Å². The van der Waals surface area contributed by atoms with Crippen LogP contribution in [-0.4, -0.2) is 20.2 Å². The summed E-state index contributed by atoms with van der Waals surface area (Å²) >= 11 is 0. The number of aryl methyl sites for hydroxylation is 3. The molecule has 4 heteroatoms. The molecule has 21 heavy (non-hydrogen) atoms. The van der Waals surface area contributed by atoms with Crippen molar-refractivity contribution in [3.8, 4) is 0 Å². The third-order valence-electron chi connectivity index (χ3n) is 3.79. The summed E-state index contributed by atoms with van der Waals surface area (Å²) in [5.41, 5.74) is 1.43. The molecule has 1 aromatic heterocycles. The minimum Gasteiger partial charge on any atom is -0.230 e. The van der Waals surface area contributed by atoms with Crippen molar-refractivity contribution < 1.29 is 0 Å². The van der Waals surface area contributed by atoms with Gasteiger partial charge in [-0.05, 0) is 41.7 Å². The third kappa shape index (κ3) is 5.66. The van der Waals surface area contributed by atoms with Gasteiger partial charge in [-0.1, -0.05) is 56.5 Å². The van der Waals surface area contributed by atoms with Crippen LogP contribution in [0.3, 0.4) is 0 Å². The van der Waals surface area contributed by atoms with Gasteiger partial charge in [0.15, 0.2) is 5.82 Å². The minimum atomic E-state index is 0.959. The SMILES string of the molecule is CCCCCn1nnnc1CCCCCc1ccccc1. The number of rotatable bonds is 10. The van der Waals surface area contributed by atoms with E-state index < -0.39 is 0 Å². The fourth-order valence-corrected chi connectivity index (χ4v) is 2.52. The lowest BCUT2D eigenvalue weighted by atomic mass is 10.1. The van der Waals surface area contributed by atoms with Crippen LogP contribution < -0.4 is 0 Å². The van der Waals surface area contributed by atoms with E-state index in [1.54, 1.807) is 0 Å². The summed E-state index contributed by atoms with van der Waals surface area (Å²) in [5.74, 6) is 1.05. The van der Waals surface area contributed by atoms with Crippen molar-refractivity contribution in [3.63, 3.8) is 0 Å². The number of tetrazole rings is 1. The molecule has 0 aliphatic carbocycles. The predicted octanol–water partition coefficient (Wildman–Crippen LogP) is 3.82. The van der Waals surface area contributed by atoms with E-state index in [2.05, 4.69) is 52.8 Å². The molecule has 114 valence electrons. The molecule has 0 N–H and O–H groups in total. The Balaban J connectivity index is 1.63. The van der Waals surface area contributed by atoms with Crippen molar-refractivity contribution in [1.29, 1.82) is 0 Å². The summed E-state index contributed by atoms with van der Waals surface area (Å²) in [6.45, 7) is 3.17. The lowest BCUT2D eigenvalue weighted by Crippen LogP contribution is -2.06. The van der Waals surface area contributed by atoms with E-state index in [0.717, 1.165) is 18.8 Å². The fraction of sp³-hybridized carbons (Fsp3) is 0.588. The van der Waals surface area contributed by atoms with Crippen molar-refractivity contribution in [2.24, 2.45) is 0 Å². The van der Waals surface area contributed by atoms with Gasteiger partial charge in [0.25, 0.3) is 0 Å². The van der Waals surface area contributed by atoms with Crippen molar-refractivity contribution in [2.45, 2.75) is 64.8 Å². The average molecular weight is 286 g/mol. The summed E-state index contributed by atoms with van der Waals surface area (Å²) in [7, 11) is 0. The van der Waals surface area contributed by atoms with Crippen molar-refractivity contribution in [1.82, 2.24) is 20.2 Å². The summed E-state index contributed by atoms with van der Waals surface area (Å²) in [6.07, 6.45) is 9.45. The van der Waals surface area contributed by atoms with Gasteiger partial charge in [0.2, 0.25) is 0 Å². The smallest absolute Gasteiger partial charge is 0.151 e. The monoisotopic (exact) mass is 286 g/mol. The molecule has 0 aliphatic rings. The normalized spacial score (nSPS) is 10.9. The van der Waals surface area contributed by atoms with Gasteiger partial charge in [0, 0.05) is 13.0 Å². The van der Waals surface area contributed by atoms with Crippen LogP contribution in [0.2, 0.25) is 0 Å². The zero-order valence-electron chi connectivity index (χ0n) is 13.0. The number of nitrogens with zero attached hydrogens (tertiary/aromatic N) is 4. The molecular weight excluding hydrogens is 260 g/mol. The third-order valence-corrected chi connectivity index (χ3v) is 3.79. The molecule has 1 aromatic carbocycles. The molecule has 0 bridgehead atoms. The van der Waals surface area contributed by atoms with Crippen molar-refractivity contribution >= 4 is 0 Å². The molecule has 0 saturated carbocycles. The van der Waals surface area contributed by atoms with Crippen LogP contribution in [-0.2, 0) is 19.4 Å². The highest BCUT2D eigenvalue weighted by atomic mass is 15.5. The lowest BCUT2D eigenvalue weighted by molar-refractivity contribution is 0.512. The van der Waals surface area contributed by atoms with E-state index in [9.17, 15) is 0 Å². The molecule has 2 rings (SSSR count). The predicted molar refractivity (Wildman–Crippen MR) is 85.0 cm³/mol.